The van der Waals surface area contributed by atoms with Crippen LogP contribution in [0.5, 0.6) is 0 Å². The fourth-order valence-electron chi connectivity index (χ4n) is 1.94. The number of ether oxygens (including phenoxy) is 1. The van der Waals surface area contributed by atoms with Crippen LogP contribution in [0.15, 0.2) is 0 Å². The van der Waals surface area contributed by atoms with Crippen LogP contribution in [0.1, 0.15) is 34.6 Å². The summed E-state index contributed by atoms with van der Waals surface area (Å²) in [5.41, 5.74) is 0. The van der Waals surface area contributed by atoms with Gasteiger partial charge in [-0.25, -0.2) is 0 Å². The van der Waals surface area contributed by atoms with E-state index in [1.54, 1.807) is 0 Å². The van der Waals surface area contributed by atoms with Gasteiger partial charge in [-0.05, 0) is 32.4 Å². The Morgan fingerprint density at radius 3 is 2.24 bits per heavy atom. The zero-order valence-electron chi connectivity index (χ0n) is 12.6. The molecule has 0 spiro atoms. The fraction of sp³-hybridized carbons (Fsp3) is 1.00. The Labute approximate surface area is 108 Å². The summed E-state index contributed by atoms with van der Waals surface area (Å²) < 4.78 is 5.41. The van der Waals surface area contributed by atoms with Gasteiger partial charge >= 0.3 is 0 Å². The van der Waals surface area contributed by atoms with Crippen LogP contribution in [-0.2, 0) is 4.74 Å². The highest BCUT2D eigenvalue weighted by molar-refractivity contribution is 4.75. The minimum atomic E-state index is 0.592. The maximum atomic E-state index is 5.41. The van der Waals surface area contributed by atoms with Gasteiger partial charge < -0.3 is 10.1 Å². The summed E-state index contributed by atoms with van der Waals surface area (Å²) in [6.07, 6.45) is 0. The van der Waals surface area contributed by atoms with Gasteiger partial charge in [0, 0.05) is 25.7 Å². The zero-order chi connectivity index (χ0) is 13.3. The van der Waals surface area contributed by atoms with Crippen molar-refractivity contribution >= 4 is 0 Å². The molecule has 104 valence electrons. The second kappa shape index (κ2) is 9.86. The lowest BCUT2D eigenvalue weighted by molar-refractivity contribution is 0.0953. The molecule has 0 bridgehead atoms. The first kappa shape index (κ1) is 16.9. The number of hydrogen-bond donors (Lipinski definition) is 1. The summed E-state index contributed by atoms with van der Waals surface area (Å²) in [4.78, 5) is 2.41. The summed E-state index contributed by atoms with van der Waals surface area (Å²) in [5.74, 6) is 1.39. The second-order valence-electron chi connectivity index (χ2n) is 5.54. The summed E-state index contributed by atoms with van der Waals surface area (Å²) in [5, 5.41) is 3.56. The van der Waals surface area contributed by atoms with Crippen LogP contribution in [0.3, 0.4) is 0 Å². The first-order chi connectivity index (χ1) is 7.99. The van der Waals surface area contributed by atoms with Crippen LogP contribution < -0.4 is 5.32 Å². The van der Waals surface area contributed by atoms with Gasteiger partial charge in [-0.15, -0.1) is 0 Å². The smallest absolute Gasteiger partial charge is 0.0593 e. The van der Waals surface area contributed by atoms with Gasteiger partial charge in [0.2, 0.25) is 0 Å². The predicted octanol–water partition coefficient (Wildman–Crippen LogP) is 2.22. The Hall–Kier alpha value is -0.120. The van der Waals surface area contributed by atoms with E-state index in [1.807, 2.05) is 6.92 Å². The summed E-state index contributed by atoms with van der Waals surface area (Å²) >= 11 is 0. The third-order valence-electron chi connectivity index (χ3n) is 3.03. The fourth-order valence-corrected chi connectivity index (χ4v) is 1.94. The Kier molecular flexibility index (Phi) is 9.79. The van der Waals surface area contributed by atoms with E-state index in [-0.39, 0.29) is 0 Å². The predicted molar refractivity (Wildman–Crippen MR) is 75.5 cm³/mol. The standard InChI is InChI=1S/C14H32N2O/c1-7-17-9-8-16(6)14(13(4)5)11-15-10-12(2)3/h12-15H,7-11H2,1-6H3. The van der Waals surface area contributed by atoms with Crippen molar-refractivity contribution in [3.63, 3.8) is 0 Å². The molecule has 3 nitrogen and oxygen atoms in total. The van der Waals surface area contributed by atoms with Crippen LogP contribution in [0.25, 0.3) is 0 Å². The van der Waals surface area contributed by atoms with E-state index < -0.39 is 0 Å². The molecular weight excluding hydrogens is 212 g/mol. The Morgan fingerprint density at radius 1 is 1.12 bits per heavy atom. The molecule has 1 atom stereocenters. The average molecular weight is 244 g/mol. The molecule has 17 heavy (non-hydrogen) atoms. The van der Waals surface area contributed by atoms with Crippen molar-refractivity contribution in [3.05, 3.63) is 0 Å². The van der Waals surface area contributed by atoms with E-state index in [2.05, 4.69) is 45.0 Å². The van der Waals surface area contributed by atoms with Crippen LogP contribution >= 0.6 is 0 Å². The number of nitrogens with zero attached hydrogens (tertiary/aromatic N) is 1. The van der Waals surface area contributed by atoms with E-state index in [9.17, 15) is 0 Å². The van der Waals surface area contributed by atoms with E-state index in [4.69, 9.17) is 4.74 Å². The normalized spacial score (nSPS) is 13.9. The van der Waals surface area contributed by atoms with Crippen molar-refractivity contribution in [2.24, 2.45) is 11.8 Å². The first-order valence-electron chi connectivity index (χ1n) is 6.97. The van der Waals surface area contributed by atoms with Gasteiger partial charge in [-0.2, -0.15) is 0 Å². The molecule has 0 aliphatic rings. The second-order valence-corrected chi connectivity index (χ2v) is 5.54. The monoisotopic (exact) mass is 244 g/mol. The maximum absolute atomic E-state index is 5.41. The minimum Gasteiger partial charge on any atom is -0.380 e. The maximum Gasteiger partial charge on any atom is 0.0593 e. The largest absolute Gasteiger partial charge is 0.380 e. The third kappa shape index (κ3) is 8.58. The topological polar surface area (TPSA) is 24.5 Å². The van der Waals surface area contributed by atoms with Gasteiger partial charge in [-0.1, -0.05) is 27.7 Å². The van der Waals surface area contributed by atoms with Crippen LogP contribution in [0.2, 0.25) is 0 Å². The van der Waals surface area contributed by atoms with Gasteiger partial charge in [0.1, 0.15) is 0 Å². The van der Waals surface area contributed by atoms with Crippen LogP contribution in [-0.4, -0.2) is 50.8 Å². The first-order valence-corrected chi connectivity index (χ1v) is 6.97. The van der Waals surface area contributed by atoms with E-state index >= 15 is 0 Å². The molecule has 0 aromatic rings. The van der Waals surface area contributed by atoms with Crippen molar-refractivity contribution in [1.82, 2.24) is 10.2 Å². The minimum absolute atomic E-state index is 0.592. The quantitative estimate of drug-likeness (QED) is 0.596. The summed E-state index contributed by atoms with van der Waals surface area (Å²) in [7, 11) is 2.20. The highest BCUT2D eigenvalue weighted by atomic mass is 16.5. The number of rotatable bonds is 10. The molecule has 1 N–H and O–H groups in total. The molecule has 0 aromatic heterocycles. The highest BCUT2D eigenvalue weighted by Gasteiger charge is 2.17. The van der Waals surface area contributed by atoms with Gasteiger partial charge in [0.25, 0.3) is 0 Å². The van der Waals surface area contributed by atoms with Crippen LogP contribution in [0.4, 0.5) is 0 Å². The lowest BCUT2D eigenvalue weighted by Gasteiger charge is -2.31. The summed E-state index contributed by atoms with van der Waals surface area (Å²) in [6, 6.07) is 0.592. The number of hydrogen-bond acceptors (Lipinski definition) is 3. The molecule has 0 heterocycles. The van der Waals surface area contributed by atoms with Gasteiger partial charge in [0.05, 0.1) is 6.61 Å². The molecule has 3 heteroatoms. The van der Waals surface area contributed by atoms with E-state index in [1.165, 1.54) is 0 Å². The number of nitrogens with one attached hydrogen (secondary N) is 1. The Bertz CT molecular complexity index is 172. The van der Waals surface area contributed by atoms with E-state index in [0.717, 1.165) is 38.8 Å². The molecular formula is C14H32N2O. The van der Waals surface area contributed by atoms with Crippen molar-refractivity contribution in [1.29, 1.82) is 0 Å². The summed E-state index contributed by atoms with van der Waals surface area (Å²) in [6.45, 7) is 15.9. The molecule has 0 saturated heterocycles. The Morgan fingerprint density at radius 2 is 1.76 bits per heavy atom. The highest BCUT2D eigenvalue weighted by Crippen LogP contribution is 2.08. The molecule has 0 aliphatic heterocycles. The molecule has 1 unspecified atom stereocenters. The van der Waals surface area contributed by atoms with Gasteiger partial charge in [-0.3, -0.25) is 4.90 Å². The number of likely N-dealkylation sites (N-methyl/N-ethyl adjacent to an activating group) is 1. The van der Waals surface area contributed by atoms with Crippen molar-refractivity contribution in [2.45, 2.75) is 40.7 Å². The van der Waals surface area contributed by atoms with Crippen molar-refractivity contribution in [3.8, 4) is 0 Å². The Balaban J connectivity index is 3.94. The molecule has 0 fully saturated rings. The molecule has 0 aliphatic carbocycles. The molecule has 0 amide bonds. The van der Waals surface area contributed by atoms with E-state index in [0.29, 0.717) is 12.0 Å². The zero-order valence-corrected chi connectivity index (χ0v) is 12.6. The average Bonchev–Trinajstić information content (AvgIpc) is 2.23. The lowest BCUT2D eigenvalue weighted by Crippen LogP contribution is -2.45. The third-order valence-corrected chi connectivity index (χ3v) is 3.03. The van der Waals surface area contributed by atoms with Crippen molar-refractivity contribution in [2.75, 3.05) is 39.9 Å². The van der Waals surface area contributed by atoms with Gasteiger partial charge in [0.15, 0.2) is 0 Å². The van der Waals surface area contributed by atoms with Crippen LogP contribution in [0, 0.1) is 11.8 Å². The molecule has 0 rings (SSSR count). The van der Waals surface area contributed by atoms with Crippen molar-refractivity contribution < 1.29 is 4.74 Å². The molecule has 0 aromatic carbocycles. The SMILES string of the molecule is CCOCCN(C)C(CNCC(C)C)C(C)C. The lowest BCUT2D eigenvalue weighted by atomic mass is 10.0. The molecule has 0 radical (unpaired) electrons. The molecule has 0 saturated carbocycles.